The van der Waals surface area contributed by atoms with Gasteiger partial charge in [0.1, 0.15) is 11.9 Å². The van der Waals surface area contributed by atoms with Gasteiger partial charge in [0.05, 0.1) is 30.3 Å². The highest BCUT2D eigenvalue weighted by Crippen LogP contribution is 2.50. The lowest BCUT2D eigenvalue weighted by Gasteiger charge is -2.30. The summed E-state index contributed by atoms with van der Waals surface area (Å²) in [6.07, 6.45) is 0.408. The molecule has 2 aliphatic rings. The summed E-state index contributed by atoms with van der Waals surface area (Å²) in [5.41, 5.74) is 15.7. The van der Waals surface area contributed by atoms with Crippen molar-refractivity contribution in [3.63, 3.8) is 0 Å². The molecule has 4 N–H and O–H groups in total. The number of nitrogen functional groups attached to an aromatic ring is 1. The van der Waals surface area contributed by atoms with Crippen molar-refractivity contribution in [2.24, 2.45) is 0 Å². The number of fused-ring (bicyclic) bond motifs is 4. The number of anilines is 1. The van der Waals surface area contributed by atoms with E-state index in [0.29, 0.717) is 6.54 Å². The van der Waals surface area contributed by atoms with Gasteiger partial charge in [0.2, 0.25) is 5.91 Å². The van der Waals surface area contributed by atoms with Crippen molar-refractivity contribution in [3.05, 3.63) is 71.5 Å². The first-order chi connectivity index (χ1) is 20.1. The summed E-state index contributed by atoms with van der Waals surface area (Å²) in [5.74, 6) is 0.514. The van der Waals surface area contributed by atoms with Crippen molar-refractivity contribution in [1.82, 2.24) is 20.2 Å². The van der Waals surface area contributed by atoms with Gasteiger partial charge in [-0.15, -0.1) is 0 Å². The third-order valence-corrected chi connectivity index (χ3v) is 8.95. The van der Waals surface area contributed by atoms with Crippen LogP contribution in [0.2, 0.25) is 0 Å². The van der Waals surface area contributed by atoms with Crippen LogP contribution < -0.4 is 11.1 Å². The summed E-state index contributed by atoms with van der Waals surface area (Å²) in [6, 6.07) is 18.0. The van der Waals surface area contributed by atoms with E-state index in [1.54, 1.807) is 11.8 Å². The molecule has 0 bridgehead atoms. The maximum absolute atomic E-state index is 13.6. The van der Waals surface area contributed by atoms with Gasteiger partial charge in [0.15, 0.2) is 0 Å². The van der Waals surface area contributed by atoms with Crippen LogP contribution >= 0.6 is 0 Å². The number of benzene rings is 3. The number of aromatic amines is 1. The van der Waals surface area contributed by atoms with Gasteiger partial charge < -0.3 is 30.4 Å². The lowest BCUT2D eigenvalue weighted by atomic mass is 9.81. The number of rotatable bonds is 6. The maximum atomic E-state index is 13.6. The van der Waals surface area contributed by atoms with Crippen LogP contribution in [0.15, 0.2) is 54.6 Å². The number of alkyl carbamates (subject to hydrolysis) is 1. The molecule has 0 unspecified atom stereocenters. The number of hydrogen-bond donors (Lipinski definition) is 3. The molecule has 4 aromatic rings. The van der Waals surface area contributed by atoms with Crippen LogP contribution in [0.1, 0.15) is 56.6 Å². The minimum Gasteiger partial charge on any atom is -0.453 e. The van der Waals surface area contributed by atoms with Gasteiger partial charge in [-0.3, -0.25) is 4.79 Å². The number of imidazole rings is 1. The molecular weight excluding hydrogens is 530 g/mol. The third kappa shape index (κ3) is 4.58. The normalized spacial score (nSPS) is 18.4. The number of nitrogens with zero attached hydrogens (tertiary/aromatic N) is 2. The molecule has 1 saturated heterocycles. The summed E-state index contributed by atoms with van der Waals surface area (Å²) in [6.45, 7) is 6.82. The van der Waals surface area contributed by atoms with E-state index in [-0.39, 0.29) is 17.4 Å². The second-order valence-corrected chi connectivity index (χ2v) is 11.8. The van der Waals surface area contributed by atoms with E-state index in [1.807, 2.05) is 12.1 Å². The Hall–Kier alpha value is -4.37. The molecule has 1 aliphatic heterocycles. The molecule has 9 nitrogen and oxygen atoms in total. The fraction of sp³-hybridized carbons (Fsp3) is 0.364. The highest BCUT2D eigenvalue weighted by atomic mass is 16.5. The number of aromatic nitrogens is 2. The van der Waals surface area contributed by atoms with E-state index in [4.69, 9.17) is 20.2 Å². The summed E-state index contributed by atoms with van der Waals surface area (Å²) in [4.78, 5) is 35.7. The van der Waals surface area contributed by atoms with Crippen molar-refractivity contribution in [3.8, 4) is 22.3 Å². The minimum atomic E-state index is -0.870. The number of H-pyrrole nitrogens is 1. The first-order valence-corrected chi connectivity index (χ1v) is 14.3. The number of carbonyl (C=O) groups excluding carboxylic acids is 2. The zero-order chi connectivity index (χ0) is 29.8. The number of likely N-dealkylation sites (tertiary alicyclic amines) is 1. The molecule has 42 heavy (non-hydrogen) atoms. The maximum Gasteiger partial charge on any atom is 0.407 e. The van der Waals surface area contributed by atoms with Crippen LogP contribution in [-0.4, -0.2) is 59.8 Å². The predicted molar refractivity (Wildman–Crippen MR) is 163 cm³/mol. The Bertz CT molecular complexity index is 1690. The van der Waals surface area contributed by atoms with E-state index in [9.17, 15) is 9.59 Å². The van der Waals surface area contributed by atoms with Gasteiger partial charge in [0, 0.05) is 24.8 Å². The molecule has 218 valence electrons. The van der Waals surface area contributed by atoms with Gasteiger partial charge in [-0.2, -0.15) is 0 Å². The second-order valence-electron chi connectivity index (χ2n) is 11.8. The smallest absolute Gasteiger partial charge is 0.407 e. The molecule has 9 heteroatoms. The quantitative estimate of drug-likeness (QED) is 0.263. The number of ether oxygens (including phenoxy) is 2. The molecule has 0 spiro atoms. The number of amides is 2. The van der Waals surface area contributed by atoms with Crippen molar-refractivity contribution in [2.45, 2.75) is 57.2 Å². The van der Waals surface area contributed by atoms with Gasteiger partial charge in [-0.1, -0.05) is 38.1 Å². The minimum absolute atomic E-state index is 0.152. The third-order valence-electron chi connectivity index (χ3n) is 8.95. The van der Waals surface area contributed by atoms with E-state index in [0.717, 1.165) is 46.5 Å². The topological polar surface area (TPSA) is 123 Å². The molecule has 0 saturated carbocycles. The average molecular weight is 568 g/mol. The first kappa shape index (κ1) is 27.8. The van der Waals surface area contributed by atoms with Crippen LogP contribution in [0.4, 0.5) is 10.5 Å². The fourth-order valence-corrected chi connectivity index (χ4v) is 6.50. The van der Waals surface area contributed by atoms with Crippen molar-refractivity contribution in [2.75, 3.05) is 26.5 Å². The van der Waals surface area contributed by atoms with Crippen molar-refractivity contribution < 1.29 is 19.1 Å². The zero-order valence-corrected chi connectivity index (χ0v) is 24.7. The summed E-state index contributed by atoms with van der Waals surface area (Å²) in [7, 11) is 2.79. The Kier molecular flexibility index (Phi) is 6.93. The number of carbonyl (C=O) groups is 2. The standard InChI is InChI=1S/C33H37N5O4/c1-18(41-4)29(37-32(40)42-5)31(39)38-14-6-7-28(38)30-35-26-13-9-20(16-27(26)36-30)19-8-11-22-23-12-10-21(34)17-25(23)33(2,3)24(22)15-19/h8-13,15-18,28-29H,6-7,14,34H2,1-5H3,(H,35,36)(H,37,40)/t18-,28+,29+/m1/s1. The molecule has 2 amide bonds. The molecule has 3 aromatic carbocycles. The average Bonchev–Trinajstić information content (AvgIpc) is 3.70. The molecule has 0 radical (unpaired) electrons. The summed E-state index contributed by atoms with van der Waals surface area (Å²) in [5, 5.41) is 2.64. The number of nitrogens with two attached hydrogens (primary N) is 1. The summed E-state index contributed by atoms with van der Waals surface area (Å²) < 4.78 is 10.1. The van der Waals surface area contributed by atoms with Crippen LogP contribution in [0.25, 0.3) is 33.3 Å². The number of methoxy groups -OCH3 is 2. The largest absolute Gasteiger partial charge is 0.453 e. The molecular formula is C33H37N5O4. The highest BCUT2D eigenvalue weighted by molar-refractivity contribution is 5.88. The van der Waals surface area contributed by atoms with Gasteiger partial charge in [0.25, 0.3) is 0 Å². The Morgan fingerprint density at radius 1 is 1.05 bits per heavy atom. The van der Waals surface area contributed by atoms with Crippen molar-refractivity contribution >= 4 is 28.7 Å². The molecule has 2 heterocycles. The first-order valence-electron chi connectivity index (χ1n) is 14.3. The molecule has 3 atom stereocenters. The van der Waals surface area contributed by atoms with Gasteiger partial charge in [-0.25, -0.2) is 9.78 Å². The summed E-state index contributed by atoms with van der Waals surface area (Å²) >= 11 is 0. The Balaban J connectivity index is 1.29. The van der Waals surface area contributed by atoms with Gasteiger partial charge in [-0.05, 0) is 83.5 Å². The zero-order valence-electron chi connectivity index (χ0n) is 24.7. The monoisotopic (exact) mass is 567 g/mol. The SMILES string of the molecule is COC(=O)N[C@H](C(=O)N1CCC[C@H]1c1nc2ccc(-c3ccc4c(c3)C(C)(C)c3cc(N)ccc3-4)cc2[nH]1)[C@@H](C)OC. The second kappa shape index (κ2) is 10.5. The molecule has 1 fully saturated rings. The van der Waals surface area contributed by atoms with E-state index in [2.05, 4.69) is 66.6 Å². The van der Waals surface area contributed by atoms with E-state index < -0.39 is 18.2 Å². The number of hydrogen-bond acceptors (Lipinski definition) is 6. The fourth-order valence-electron chi connectivity index (χ4n) is 6.50. The van der Waals surface area contributed by atoms with Crippen LogP contribution in [0, 0.1) is 0 Å². The Morgan fingerprint density at radius 2 is 1.74 bits per heavy atom. The predicted octanol–water partition coefficient (Wildman–Crippen LogP) is 5.54. The van der Waals surface area contributed by atoms with E-state index in [1.165, 1.54) is 36.5 Å². The van der Waals surface area contributed by atoms with Gasteiger partial charge >= 0.3 is 6.09 Å². The molecule has 1 aromatic heterocycles. The Labute approximate surface area is 245 Å². The number of nitrogens with one attached hydrogen (secondary N) is 2. The molecule has 1 aliphatic carbocycles. The molecule has 6 rings (SSSR count). The highest BCUT2D eigenvalue weighted by Gasteiger charge is 2.39. The Morgan fingerprint density at radius 3 is 2.48 bits per heavy atom. The van der Waals surface area contributed by atoms with E-state index >= 15 is 0 Å². The van der Waals surface area contributed by atoms with Crippen LogP contribution in [0.5, 0.6) is 0 Å². The van der Waals surface area contributed by atoms with Crippen LogP contribution in [0.3, 0.4) is 0 Å². The van der Waals surface area contributed by atoms with Crippen molar-refractivity contribution in [1.29, 1.82) is 0 Å². The van der Waals surface area contributed by atoms with Crippen LogP contribution in [-0.2, 0) is 19.7 Å². The lowest BCUT2D eigenvalue weighted by molar-refractivity contribution is -0.137. The lowest BCUT2D eigenvalue weighted by Crippen LogP contribution is -2.54.